The van der Waals surface area contributed by atoms with Gasteiger partial charge in [-0.05, 0) is 37.3 Å². The number of aromatic nitrogens is 1. The van der Waals surface area contributed by atoms with Crippen molar-refractivity contribution in [3.63, 3.8) is 0 Å². The molecule has 4 heteroatoms. The maximum absolute atomic E-state index is 11.9. The Morgan fingerprint density at radius 1 is 1.20 bits per heavy atom. The average molecular weight is 262 g/mol. The largest absolute Gasteiger partial charge is 0.356 e. The molecule has 3 aliphatic rings. The second-order valence-electron chi connectivity index (χ2n) is 6.66. The summed E-state index contributed by atoms with van der Waals surface area (Å²) in [5.41, 5.74) is 3.97. The molecule has 3 nitrogen and oxygen atoms in total. The highest BCUT2D eigenvalue weighted by molar-refractivity contribution is 6.57. The van der Waals surface area contributed by atoms with E-state index in [1.54, 1.807) is 0 Å². The van der Waals surface area contributed by atoms with Gasteiger partial charge in [-0.15, -0.1) is 0 Å². The van der Waals surface area contributed by atoms with Gasteiger partial charge in [0.1, 0.15) is 0 Å². The van der Waals surface area contributed by atoms with Crippen molar-refractivity contribution in [3.05, 3.63) is 35.5 Å². The molecule has 5 rings (SSSR count). The number of aromatic amines is 1. The van der Waals surface area contributed by atoms with Crippen molar-refractivity contribution < 1.29 is 4.79 Å². The van der Waals surface area contributed by atoms with Gasteiger partial charge in [0.05, 0.1) is 5.54 Å². The molecule has 2 heterocycles. The van der Waals surface area contributed by atoms with Crippen LogP contribution in [-0.4, -0.2) is 30.1 Å². The van der Waals surface area contributed by atoms with Crippen LogP contribution < -0.4 is 0 Å². The topological polar surface area (TPSA) is 36.1 Å². The second-order valence-corrected chi connectivity index (χ2v) is 6.66. The molecule has 2 saturated carbocycles. The summed E-state index contributed by atoms with van der Waals surface area (Å²) in [7, 11) is 5.66. The third-order valence-corrected chi connectivity index (χ3v) is 5.52. The van der Waals surface area contributed by atoms with Gasteiger partial charge in [-0.3, -0.25) is 4.79 Å². The van der Waals surface area contributed by atoms with Crippen LogP contribution in [0.2, 0.25) is 0 Å². The number of amides is 1. The molecule has 0 unspecified atom stereocenters. The number of carbonyl (C=O) groups is 1. The van der Waals surface area contributed by atoms with Crippen LogP contribution in [0.1, 0.15) is 36.9 Å². The molecule has 0 atom stereocenters. The Bertz CT molecular complexity index is 755. The predicted octanol–water partition coefficient (Wildman–Crippen LogP) is 2.79. The number of hydrogen-bond acceptors (Lipinski definition) is 1. The Balaban J connectivity index is 1.84. The van der Waals surface area contributed by atoms with Gasteiger partial charge in [-0.25, -0.2) is 0 Å². The van der Waals surface area contributed by atoms with Crippen molar-refractivity contribution in [2.45, 2.75) is 36.6 Å². The number of para-hydroxylation sites is 1. The van der Waals surface area contributed by atoms with Crippen molar-refractivity contribution in [1.29, 1.82) is 0 Å². The lowest BCUT2D eigenvalue weighted by Crippen LogP contribution is -2.49. The maximum atomic E-state index is 11.9. The molecule has 2 radical (unpaired) electrons. The van der Waals surface area contributed by atoms with Crippen molar-refractivity contribution in [1.82, 2.24) is 9.88 Å². The summed E-state index contributed by atoms with van der Waals surface area (Å²) in [4.78, 5) is 17.4. The van der Waals surface area contributed by atoms with E-state index < -0.39 is 0 Å². The molecule has 2 fully saturated rings. The van der Waals surface area contributed by atoms with Gasteiger partial charge in [0.15, 0.2) is 5.81 Å². The highest BCUT2D eigenvalue weighted by Gasteiger charge is 2.63. The van der Waals surface area contributed by atoms with Crippen molar-refractivity contribution in [3.8, 4) is 0 Å². The van der Waals surface area contributed by atoms with Crippen molar-refractivity contribution in [2.75, 3.05) is 6.54 Å². The lowest BCUT2D eigenvalue weighted by molar-refractivity contribution is 0.166. The van der Waals surface area contributed by atoms with Gasteiger partial charge in [0, 0.05) is 28.6 Å². The molecule has 1 aromatic carbocycles. The van der Waals surface area contributed by atoms with E-state index in [2.05, 4.69) is 29.2 Å². The molecule has 2 aromatic rings. The lowest BCUT2D eigenvalue weighted by atomic mass is 9.83. The van der Waals surface area contributed by atoms with Crippen LogP contribution in [0.5, 0.6) is 0 Å². The first-order chi connectivity index (χ1) is 9.66. The van der Waals surface area contributed by atoms with Gasteiger partial charge in [0.25, 0.3) is 0 Å². The Morgan fingerprint density at radius 2 is 1.95 bits per heavy atom. The van der Waals surface area contributed by atoms with Crippen LogP contribution in [0.25, 0.3) is 10.9 Å². The number of fused-ring (bicyclic) bond motifs is 5. The zero-order chi connectivity index (χ0) is 13.5. The zero-order valence-electron chi connectivity index (χ0n) is 11.3. The summed E-state index contributed by atoms with van der Waals surface area (Å²) in [5.74, 6) is -0.266. The Labute approximate surface area is 118 Å². The molecule has 1 aromatic heterocycles. The van der Waals surface area contributed by atoms with E-state index in [0.29, 0.717) is 0 Å². The van der Waals surface area contributed by atoms with Crippen LogP contribution >= 0.6 is 0 Å². The highest BCUT2D eigenvalue weighted by Crippen LogP contribution is 2.64. The van der Waals surface area contributed by atoms with Gasteiger partial charge in [-0.1, -0.05) is 18.2 Å². The average Bonchev–Trinajstić information content (AvgIpc) is 3.33. The number of nitrogens with zero attached hydrogens (tertiary/aromatic N) is 1. The minimum atomic E-state index is -0.266. The summed E-state index contributed by atoms with van der Waals surface area (Å²) >= 11 is 0. The van der Waals surface area contributed by atoms with Gasteiger partial charge >= 0.3 is 0 Å². The highest BCUT2D eigenvalue weighted by atomic mass is 16.2. The minimum absolute atomic E-state index is 0.131. The molecule has 98 valence electrons. The molecule has 1 N–H and O–H groups in total. The SMILES string of the molecule is [B]C(=O)N1CC2(CC2)c2c([nH]c3ccccc23)C12CC2. The molecule has 1 amide bonds. The number of hydrogen-bond donors (Lipinski definition) is 1. The van der Waals surface area contributed by atoms with E-state index in [-0.39, 0.29) is 16.8 Å². The maximum Gasteiger partial charge on any atom is 0.200 e. The first-order valence-corrected chi connectivity index (χ1v) is 7.35. The molecule has 0 bridgehead atoms. The molecule has 0 saturated heterocycles. The number of nitrogens with one attached hydrogen (secondary N) is 1. The Hall–Kier alpha value is -1.71. The standard InChI is InChI=1S/C16H15BN2O/c17-14(20)19-9-15(5-6-15)12-10-3-1-2-4-11(10)18-13(12)16(19)7-8-16/h1-4,18H,5-9H2. The molecular weight excluding hydrogens is 247 g/mol. The van der Waals surface area contributed by atoms with E-state index in [4.69, 9.17) is 7.85 Å². The normalized spacial score (nSPS) is 24.1. The zero-order valence-corrected chi connectivity index (χ0v) is 11.3. The number of benzene rings is 1. The number of H-pyrrole nitrogens is 1. The van der Waals surface area contributed by atoms with E-state index >= 15 is 0 Å². The fraction of sp³-hybridized carbons (Fsp3) is 0.438. The van der Waals surface area contributed by atoms with E-state index in [9.17, 15) is 4.79 Å². The van der Waals surface area contributed by atoms with Crippen LogP contribution in [0.4, 0.5) is 4.79 Å². The van der Waals surface area contributed by atoms with Crippen LogP contribution in [0.3, 0.4) is 0 Å². The van der Waals surface area contributed by atoms with E-state index in [1.165, 1.54) is 35.0 Å². The first kappa shape index (κ1) is 11.0. The molecule has 2 spiro atoms. The third kappa shape index (κ3) is 1.12. The number of carbonyl (C=O) groups excluding carboxylic acids is 1. The quantitative estimate of drug-likeness (QED) is 0.728. The molecular formula is C16H15BN2O. The summed E-state index contributed by atoms with van der Waals surface area (Å²) in [6.45, 7) is 0.803. The Kier molecular flexibility index (Phi) is 1.72. The fourth-order valence-electron chi connectivity index (χ4n) is 4.20. The summed E-state index contributed by atoms with van der Waals surface area (Å²) in [5, 5.41) is 1.34. The lowest BCUT2D eigenvalue weighted by Gasteiger charge is -2.41. The van der Waals surface area contributed by atoms with Gasteiger partial charge in [0.2, 0.25) is 7.85 Å². The summed E-state index contributed by atoms with van der Waals surface area (Å²) < 4.78 is 0. The smallest absolute Gasteiger partial charge is 0.200 e. The van der Waals surface area contributed by atoms with Crippen LogP contribution in [0, 0.1) is 0 Å². The monoisotopic (exact) mass is 262 g/mol. The second kappa shape index (κ2) is 3.13. The van der Waals surface area contributed by atoms with Crippen LogP contribution in [-0.2, 0) is 11.0 Å². The van der Waals surface area contributed by atoms with Gasteiger partial charge in [-0.2, -0.15) is 0 Å². The summed E-state index contributed by atoms with van der Waals surface area (Å²) in [6, 6.07) is 8.51. The summed E-state index contributed by atoms with van der Waals surface area (Å²) in [6.07, 6.45) is 4.40. The van der Waals surface area contributed by atoms with Crippen molar-refractivity contribution in [2.24, 2.45) is 0 Å². The molecule has 20 heavy (non-hydrogen) atoms. The Morgan fingerprint density at radius 3 is 2.60 bits per heavy atom. The van der Waals surface area contributed by atoms with Gasteiger partial charge < -0.3 is 9.88 Å². The van der Waals surface area contributed by atoms with Crippen molar-refractivity contribution >= 4 is 24.6 Å². The first-order valence-electron chi connectivity index (χ1n) is 7.35. The fourth-order valence-corrected chi connectivity index (χ4v) is 4.20. The molecule has 1 aliphatic heterocycles. The van der Waals surface area contributed by atoms with E-state index in [0.717, 1.165) is 19.4 Å². The minimum Gasteiger partial charge on any atom is -0.356 e. The third-order valence-electron chi connectivity index (χ3n) is 5.52. The molecule has 2 aliphatic carbocycles. The van der Waals surface area contributed by atoms with E-state index in [1.807, 2.05) is 4.90 Å². The number of rotatable bonds is 0. The predicted molar refractivity (Wildman–Crippen MR) is 78.0 cm³/mol. The van der Waals surface area contributed by atoms with Crippen LogP contribution in [0.15, 0.2) is 24.3 Å².